The summed E-state index contributed by atoms with van der Waals surface area (Å²) in [7, 11) is 3.23. The van der Waals surface area contributed by atoms with Crippen LogP contribution in [0.25, 0.3) is 0 Å². The zero-order chi connectivity index (χ0) is 28.6. The molecule has 2 amide bonds. The van der Waals surface area contributed by atoms with Crippen molar-refractivity contribution in [1.29, 1.82) is 0 Å². The fourth-order valence-corrected chi connectivity index (χ4v) is 6.71. The van der Waals surface area contributed by atoms with Crippen LogP contribution in [0.3, 0.4) is 0 Å². The van der Waals surface area contributed by atoms with Crippen LogP contribution in [-0.4, -0.2) is 46.4 Å². The van der Waals surface area contributed by atoms with Gasteiger partial charge in [-0.25, -0.2) is 0 Å². The van der Waals surface area contributed by atoms with E-state index in [1.54, 1.807) is 14.2 Å². The molecule has 214 valence electrons. The average Bonchev–Trinajstić information content (AvgIpc) is 3.57. The molecule has 4 aromatic rings. The quantitative estimate of drug-likeness (QED) is 0.228. The highest BCUT2D eigenvalue weighted by atomic mass is 32.1. The Labute approximate surface area is 246 Å². The minimum Gasteiger partial charge on any atom is -0.497 e. The molecule has 1 aliphatic carbocycles. The summed E-state index contributed by atoms with van der Waals surface area (Å²) in [6.07, 6.45) is 5.57. The fraction of sp³-hybridized carbons (Fsp3) is 0.379. The van der Waals surface area contributed by atoms with Crippen LogP contribution in [0.5, 0.6) is 11.5 Å². The summed E-state index contributed by atoms with van der Waals surface area (Å²) >= 11 is 2.87. The number of hydrogen-bond acceptors (Lipinski definition) is 10. The van der Waals surface area contributed by atoms with Crippen molar-refractivity contribution in [3.05, 3.63) is 69.7 Å². The van der Waals surface area contributed by atoms with Crippen molar-refractivity contribution >= 4 is 44.8 Å². The molecular formula is C29H32N6O4S2. The van der Waals surface area contributed by atoms with E-state index in [0.29, 0.717) is 10.3 Å². The lowest BCUT2D eigenvalue weighted by molar-refractivity contribution is -0.116. The second-order valence-electron chi connectivity index (χ2n) is 9.95. The Kier molecular flexibility index (Phi) is 9.52. The Morgan fingerprint density at radius 2 is 1.12 bits per heavy atom. The molecular weight excluding hydrogens is 560 g/mol. The largest absolute Gasteiger partial charge is 0.497 e. The normalized spacial score (nSPS) is 16.9. The van der Waals surface area contributed by atoms with Crippen LogP contribution in [0.4, 0.5) is 10.3 Å². The van der Waals surface area contributed by atoms with Crippen molar-refractivity contribution in [2.24, 2.45) is 0 Å². The number of nitrogens with one attached hydrogen (secondary N) is 2. The predicted octanol–water partition coefficient (Wildman–Crippen LogP) is 5.60. The smallest absolute Gasteiger partial charge is 0.230 e. The summed E-state index contributed by atoms with van der Waals surface area (Å²) in [6.45, 7) is 0. The first-order valence-corrected chi connectivity index (χ1v) is 15.1. The first-order valence-electron chi connectivity index (χ1n) is 13.5. The molecule has 0 radical (unpaired) electrons. The molecule has 41 heavy (non-hydrogen) atoms. The van der Waals surface area contributed by atoms with E-state index in [2.05, 4.69) is 31.0 Å². The van der Waals surface area contributed by atoms with Crippen LogP contribution in [0.1, 0.15) is 65.1 Å². The summed E-state index contributed by atoms with van der Waals surface area (Å²) in [5.41, 5.74) is 1.79. The molecule has 0 bridgehead atoms. The third-order valence-electron chi connectivity index (χ3n) is 7.04. The second-order valence-corrected chi connectivity index (χ2v) is 12.0. The Hall–Kier alpha value is -3.90. The summed E-state index contributed by atoms with van der Waals surface area (Å²) in [5.74, 6) is 1.69. The van der Waals surface area contributed by atoms with E-state index in [0.717, 1.165) is 64.7 Å². The molecule has 2 aromatic heterocycles. The molecule has 1 saturated carbocycles. The first-order chi connectivity index (χ1) is 20.0. The molecule has 2 aromatic carbocycles. The van der Waals surface area contributed by atoms with E-state index >= 15 is 0 Å². The number of amides is 2. The molecule has 1 fully saturated rings. The first kappa shape index (κ1) is 28.6. The number of aromatic nitrogens is 4. The maximum Gasteiger partial charge on any atom is 0.230 e. The van der Waals surface area contributed by atoms with E-state index in [-0.39, 0.29) is 36.5 Å². The van der Waals surface area contributed by atoms with Crippen LogP contribution in [0, 0.1) is 0 Å². The number of hydrogen-bond donors (Lipinski definition) is 2. The third kappa shape index (κ3) is 7.86. The van der Waals surface area contributed by atoms with Gasteiger partial charge < -0.3 is 20.1 Å². The van der Waals surface area contributed by atoms with Crippen molar-refractivity contribution in [2.75, 3.05) is 24.9 Å². The lowest BCUT2D eigenvalue weighted by atomic mass is 9.94. The molecule has 1 aliphatic rings. The number of nitrogens with zero attached hydrogens (tertiary/aromatic N) is 4. The molecule has 0 saturated heterocycles. The number of ether oxygens (including phenoxy) is 2. The Morgan fingerprint density at radius 3 is 1.51 bits per heavy atom. The van der Waals surface area contributed by atoms with Crippen LogP contribution in [-0.2, 0) is 22.4 Å². The highest BCUT2D eigenvalue weighted by molar-refractivity contribution is 7.15. The maximum atomic E-state index is 12.6. The van der Waals surface area contributed by atoms with Gasteiger partial charge in [0.25, 0.3) is 0 Å². The van der Waals surface area contributed by atoms with Gasteiger partial charge in [0.1, 0.15) is 21.5 Å². The molecule has 2 heterocycles. The van der Waals surface area contributed by atoms with E-state index < -0.39 is 0 Å². The minimum atomic E-state index is -0.132. The highest BCUT2D eigenvalue weighted by Gasteiger charge is 2.28. The van der Waals surface area contributed by atoms with Crippen molar-refractivity contribution in [3.8, 4) is 11.5 Å². The van der Waals surface area contributed by atoms with Crippen molar-refractivity contribution in [2.45, 2.75) is 56.8 Å². The van der Waals surface area contributed by atoms with E-state index in [1.165, 1.54) is 22.7 Å². The summed E-state index contributed by atoms with van der Waals surface area (Å²) in [5, 5.41) is 26.0. The molecule has 0 aliphatic heterocycles. The number of benzene rings is 2. The fourth-order valence-electron chi connectivity index (χ4n) is 4.89. The lowest BCUT2D eigenvalue weighted by Crippen LogP contribution is -2.14. The zero-order valence-corrected chi connectivity index (χ0v) is 24.6. The average molecular weight is 593 g/mol. The topological polar surface area (TPSA) is 128 Å². The second kappa shape index (κ2) is 13.6. The lowest BCUT2D eigenvalue weighted by Gasteiger charge is -2.15. The highest BCUT2D eigenvalue weighted by Crippen LogP contribution is 2.42. The predicted molar refractivity (Wildman–Crippen MR) is 159 cm³/mol. The number of anilines is 2. The minimum absolute atomic E-state index is 0.132. The molecule has 0 unspecified atom stereocenters. The molecule has 12 heteroatoms. The van der Waals surface area contributed by atoms with Gasteiger partial charge in [0.2, 0.25) is 22.1 Å². The van der Waals surface area contributed by atoms with E-state index in [9.17, 15) is 9.59 Å². The van der Waals surface area contributed by atoms with Crippen LogP contribution < -0.4 is 20.1 Å². The molecule has 0 spiro atoms. The molecule has 2 atom stereocenters. The van der Waals surface area contributed by atoms with Gasteiger partial charge in [0.05, 0.1) is 27.1 Å². The van der Waals surface area contributed by atoms with Gasteiger partial charge >= 0.3 is 0 Å². The molecule has 10 nitrogen and oxygen atoms in total. The Morgan fingerprint density at radius 1 is 0.707 bits per heavy atom. The number of carbonyl (C=O) groups is 2. The van der Waals surface area contributed by atoms with Crippen molar-refractivity contribution in [1.82, 2.24) is 20.4 Å². The number of carbonyl (C=O) groups excluding carboxylic acids is 2. The third-order valence-corrected chi connectivity index (χ3v) is 9.05. The number of methoxy groups -OCH3 is 2. The number of rotatable bonds is 10. The maximum absolute atomic E-state index is 12.6. The monoisotopic (exact) mass is 592 g/mol. The Balaban J connectivity index is 1.16. The standard InChI is InChI=1S/C29H32N6O4S2/c1-38-22-11-7-18(8-12-22)15-24(36)30-28-34-32-26(40-28)20-5-3-4-6-21(17-20)27-33-35-29(41-27)31-25(37)16-19-9-13-23(39-2)14-10-19/h7-14,20-21H,3-6,15-17H2,1-2H3,(H,30,34,36)(H,31,35,37)/t20-,21-/m1/s1. The van der Waals surface area contributed by atoms with Gasteiger partial charge in [0, 0.05) is 11.8 Å². The zero-order valence-electron chi connectivity index (χ0n) is 23.0. The van der Waals surface area contributed by atoms with Crippen LogP contribution >= 0.6 is 22.7 Å². The van der Waals surface area contributed by atoms with E-state index in [1.807, 2.05) is 48.5 Å². The molecule has 2 N–H and O–H groups in total. The van der Waals surface area contributed by atoms with Gasteiger partial charge in [-0.15, -0.1) is 20.4 Å². The van der Waals surface area contributed by atoms with Crippen molar-refractivity contribution < 1.29 is 19.1 Å². The molecule has 5 rings (SSSR count). The van der Waals surface area contributed by atoms with Gasteiger partial charge in [-0.05, 0) is 54.7 Å². The van der Waals surface area contributed by atoms with Gasteiger partial charge in [-0.2, -0.15) is 0 Å². The van der Waals surface area contributed by atoms with Gasteiger partial charge in [-0.1, -0.05) is 59.8 Å². The van der Waals surface area contributed by atoms with Crippen LogP contribution in [0.2, 0.25) is 0 Å². The Bertz CT molecular complexity index is 1340. The van der Waals surface area contributed by atoms with Gasteiger partial charge in [0.15, 0.2) is 0 Å². The summed E-state index contributed by atoms with van der Waals surface area (Å²) < 4.78 is 10.3. The summed E-state index contributed by atoms with van der Waals surface area (Å²) in [6, 6.07) is 14.9. The van der Waals surface area contributed by atoms with Gasteiger partial charge in [-0.3, -0.25) is 9.59 Å². The van der Waals surface area contributed by atoms with E-state index in [4.69, 9.17) is 9.47 Å². The van der Waals surface area contributed by atoms with Crippen molar-refractivity contribution in [3.63, 3.8) is 0 Å². The SMILES string of the molecule is COc1ccc(CC(=O)Nc2nnc([C@@H]3CCCC[C@@H](c4nnc(NC(=O)Cc5ccc(OC)cc5)s4)C3)s2)cc1. The van der Waals surface area contributed by atoms with Crippen LogP contribution in [0.15, 0.2) is 48.5 Å². The summed E-state index contributed by atoms with van der Waals surface area (Å²) in [4.78, 5) is 25.1.